The van der Waals surface area contributed by atoms with Gasteiger partial charge in [-0.15, -0.1) is 0 Å². The van der Waals surface area contributed by atoms with Crippen molar-refractivity contribution in [3.63, 3.8) is 0 Å². The molecule has 35 heavy (non-hydrogen) atoms. The number of ether oxygens (including phenoxy) is 2. The zero-order valence-electron chi connectivity index (χ0n) is 21.9. The van der Waals surface area contributed by atoms with E-state index in [0.29, 0.717) is 23.8 Å². The Labute approximate surface area is 211 Å². The molecule has 1 saturated carbocycles. The van der Waals surface area contributed by atoms with Crippen LogP contribution < -0.4 is 9.47 Å². The van der Waals surface area contributed by atoms with E-state index in [1.807, 2.05) is 6.92 Å². The molecule has 2 aliphatic rings. The minimum atomic E-state index is 0.203. The van der Waals surface area contributed by atoms with Crippen LogP contribution in [0, 0.1) is 24.7 Å². The van der Waals surface area contributed by atoms with Gasteiger partial charge >= 0.3 is 0 Å². The van der Waals surface area contributed by atoms with Crippen LogP contribution in [0.5, 0.6) is 23.0 Å². The molecule has 4 heteroatoms. The Kier molecular flexibility index (Phi) is 8.30. The maximum Gasteiger partial charge on any atom is 0.127 e. The normalized spacial score (nSPS) is 22.9. The molecule has 0 aliphatic heterocycles. The second kappa shape index (κ2) is 11.4. The van der Waals surface area contributed by atoms with Crippen LogP contribution in [0.15, 0.2) is 35.9 Å². The molecule has 0 spiro atoms. The van der Waals surface area contributed by atoms with E-state index in [0.717, 1.165) is 46.9 Å². The maximum atomic E-state index is 11.2. The van der Waals surface area contributed by atoms with Crippen molar-refractivity contribution < 1.29 is 19.7 Å². The molecule has 0 bridgehead atoms. The summed E-state index contributed by atoms with van der Waals surface area (Å²) < 4.78 is 11.5. The Bertz CT molecular complexity index is 1050. The van der Waals surface area contributed by atoms with Crippen molar-refractivity contribution in [1.29, 1.82) is 0 Å². The van der Waals surface area contributed by atoms with Crippen LogP contribution in [-0.2, 0) is 6.42 Å². The van der Waals surface area contributed by atoms with E-state index >= 15 is 0 Å². The Morgan fingerprint density at radius 1 is 0.829 bits per heavy atom. The second-order valence-corrected chi connectivity index (χ2v) is 10.4. The molecular weight excluding hydrogens is 436 g/mol. The number of phenolic OH excluding ortho intramolecular Hbond substituents is 2. The first kappa shape index (κ1) is 25.5. The third kappa shape index (κ3) is 5.17. The van der Waals surface area contributed by atoms with Crippen LogP contribution in [0.4, 0.5) is 0 Å². The lowest BCUT2D eigenvalue weighted by Gasteiger charge is -2.35. The number of hydrogen-bond acceptors (Lipinski definition) is 4. The summed E-state index contributed by atoms with van der Waals surface area (Å²) in [5.74, 6) is 3.87. The standard InChI is InChI=1S/C31H42O4/c1-5-23-22(13-10-12-21-11-8-6-7-9-14-24(21)23)19-25-27(33)16-18-29(35-4)31(25)30-20(2)26(32)15-17-28(30)34-3/h13,15-18,21,23-24,32-33H,5-12,14,19H2,1-4H3. The van der Waals surface area contributed by atoms with Crippen molar-refractivity contribution in [2.75, 3.05) is 14.2 Å². The lowest BCUT2D eigenvalue weighted by Crippen LogP contribution is -2.25. The van der Waals surface area contributed by atoms with Crippen LogP contribution in [0.3, 0.4) is 0 Å². The molecule has 2 aromatic rings. The molecule has 0 aromatic heterocycles. The van der Waals surface area contributed by atoms with Gasteiger partial charge in [0.25, 0.3) is 0 Å². The molecule has 2 aliphatic carbocycles. The topological polar surface area (TPSA) is 58.9 Å². The highest BCUT2D eigenvalue weighted by Crippen LogP contribution is 2.49. The van der Waals surface area contributed by atoms with Crippen molar-refractivity contribution >= 4 is 0 Å². The average Bonchev–Trinajstić information content (AvgIpc) is 3.00. The molecule has 3 atom stereocenters. The van der Waals surface area contributed by atoms with Gasteiger partial charge in [0.15, 0.2) is 0 Å². The summed E-state index contributed by atoms with van der Waals surface area (Å²) in [6.07, 6.45) is 14.8. The largest absolute Gasteiger partial charge is 0.508 e. The summed E-state index contributed by atoms with van der Waals surface area (Å²) in [4.78, 5) is 0. The Hall–Kier alpha value is -2.62. The van der Waals surface area contributed by atoms with Crippen LogP contribution in [0.25, 0.3) is 11.1 Å². The van der Waals surface area contributed by atoms with Crippen molar-refractivity contribution in [2.24, 2.45) is 17.8 Å². The predicted octanol–water partition coefficient (Wildman–Crippen LogP) is 7.97. The first-order valence-electron chi connectivity index (χ1n) is 13.4. The smallest absolute Gasteiger partial charge is 0.127 e. The van der Waals surface area contributed by atoms with Crippen LogP contribution in [-0.4, -0.2) is 24.4 Å². The van der Waals surface area contributed by atoms with E-state index in [4.69, 9.17) is 9.47 Å². The zero-order chi connectivity index (χ0) is 24.9. The highest BCUT2D eigenvalue weighted by Gasteiger charge is 2.34. The molecular formula is C31H42O4. The highest BCUT2D eigenvalue weighted by atomic mass is 16.5. The molecule has 0 heterocycles. The molecule has 0 saturated heterocycles. The second-order valence-electron chi connectivity index (χ2n) is 10.4. The molecule has 1 fully saturated rings. The Morgan fingerprint density at radius 3 is 2.17 bits per heavy atom. The van der Waals surface area contributed by atoms with E-state index in [-0.39, 0.29) is 11.5 Å². The minimum Gasteiger partial charge on any atom is -0.508 e. The quantitative estimate of drug-likeness (QED) is 0.413. The van der Waals surface area contributed by atoms with E-state index in [2.05, 4.69) is 13.0 Å². The average molecular weight is 479 g/mol. The number of fused-ring (bicyclic) bond motifs is 1. The van der Waals surface area contributed by atoms with Crippen LogP contribution in [0.2, 0.25) is 0 Å². The predicted molar refractivity (Wildman–Crippen MR) is 143 cm³/mol. The van der Waals surface area contributed by atoms with Crippen molar-refractivity contribution in [1.82, 2.24) is 0 Å². The van der Waals surface area contributed by atoms with Crippen molar-refractivity contribution in [2.45, 2.75) is 78.1 Å². The number of aromatic hydroxyl groups is 2. The summed E-state index contributed by atoms with van der Waals surface area (Å²) in [5, 5.41) is 21.7. The summed E-state index contributed by atoms with van der Waals surface area (Å²) in [7, 11) is 3.29. The molecule has 4 rings (SSSR count). The first-order valence-corrected chi connectivity index (χ1v) is 13.4. The maximum absolute atomic E-state index is 11.2. The van der Waals surface area contributed by atoms with Gasteiger partial charge in [-0.25, -0.2) is 0 Å². The monoisotopic (exact) mass is 478 g/mol. The van der Waals surface area contributed by atoms with Gasteiger partial charge in [-0.2, -0.15) is 0 Å². The van der Waals surface area contributed by atoms with E-state index in [9.17, 15) is 10.2 Å². The highest BCUT2D eigenvalue weighted by molar-refractivity contribution is 5.84. The number of rotatable bonds is 6. The number of hydrogen-bond donors (Lipinski definition) is 2. The van der Waals surface area contributed by atoms with Gasteiger partial charge in [0.05, 0.1) is 14.2 Å². The third-order valence-corrected chi connectivity index (χ3v) is 8.56. The van der Waals surface area contributed by atoms with Gasteiger partial charge in [0.2, 0.25) is 0 Å². The molecule has 4 nitrogen and oxygen atoms in total. The molecule has 3 unspecified atom stereocenters. The number of phenols is 2. The lowest BCUT2D eigenvalue weighted by molar-refractivity contribution is 0.193. The van der Waals surface area contributed by atoms with Crippen LogP contribution >= 0.6 is 0 Å². The van der Waals surface area contributed by atoms with Gasteiger partial charge in [-0.3, -0.25) is 0 Å². The molecule has 0 radical (unpaired) electrons. The molecule has 2 N–H and O–H groups in total. The first-order chi connectivity index (χ1) is 17.0. The lowest BCUT2D eigenvalue weighted by atomic mass is 9.70. The van der Waals surface area contributed by atoms with E-state index < -0.39 is 0 Å². The molecule has 0 amide bonds. The van der Waals surface area contributed by atoms with Gasteiger partial charge in [0.1, 0.15) is 23.0 Å². The fourth-order valence-corrected chi connectivity index (χ4v) is 6.75. The van der Waals surface area contributed by atoms with Crippen LogP contribution in [0.1, 0.15) is 75.8 Å². The minimum absolute atomic E-state index is 0.203. The van der Waals surface area contributed by atoms with Gasteiger partial charge < -0.3 is 19.7 Å². The summed E-state index contributed by atoms with van der Waals surface area (Å²) in [6.45, 7) is 4.22. The molecule has 2 aromatic carbocycles. The molecule has 190 valence electrons. The SMILES string of the molecule is CCC1C(Cc2c(O)ccc(OC)c2-c2c(OC)ccc(O)c2C)=CCCC2CCCCCCC21. The summed E-state index contributed by atoms with van der Waals surface area (Å²) >= 11 is 0. The zero-order valence-corrected chi connectivity index (χ0v) is 21.9. The van der Waals surface area contributed by atoms with E-state index in [1.54, 1.807) is 38.5 Å². The van der Waals surface area contributed by atoms with Gasteiger partial charge in [-0.1, -0.05) is 50.7 Å². The third-order valence-electron chi connectivity index (χ3n) is 8.56. The summed E-state index contributed by atoms with van der Waals surface area (Å²) in [6, 6.07) is 6.98. The Balaban J connectivity index is 1.81. The number of benzene rings is 2. The van der Waals surface area contributed by atoms with Gasteiger partial charge in [0, 0.05) is 22.3 Å². The number of methoxy groups -OCH3 is 2. The Morgan fingerprint density at radius 2 is 1.49 bits per heavy atom. The number of allylic oxidation sites excluding steroid dienone is 2. The summed E-state index contributed by atoms with van der Waals surface area (Å²) in [5.41, 5.74) is 4.61. The fourth-order valence-electron chi connectivity index (χ4n) is 6.75. The van der Waals surface area contributed by atoms with Crippen molar-refractivity contribution in [3.8, 4) is 34.1 Å². The van der Waals surface area contributed by atoms with E-state index in [1.165, 1.54) is 50.5 Å². The van der Waals surface area contributed by atoms with Crippen molar-refractivity contribution in [3.05, 3.63) is 47.0 Å². The fraction of sp³-hybridized carbons (Fsp3) is 0.548. The van der Waals surface area contributed by atoms with Gasteiger partial charge in [-0.05, 0) is 81.0 Å².